The van der Waals surface area contributed by atoms with E-state index in [0.29, 0.717) is 25.1 Å². The average Bonchev–Trinajstić information content (AvgIpc) is 3.05. The zero-order chi connectivity index (χ0) is 15.4. The van der Waals surface area contributed by atoms with Crippen LogP contribution in [0.15, 0.2) is 29.3 Å². The number of piperazine rings is 1. The zero-order valence-corrected chi connectivity index (χ0v) is 12.3. The molecular formula is C16H19N5O. The smallest absolute Gasteiger partial charge is 0.240 e. The molecule has 1 saturated heterocycles. The Morgan fingerprint density at radius 1 is 1.32 bits per heavy atom. The molecule has 1 fully saturated rings. The van der Waals surface area contributed by atoms with E-state index in [9.17, 15) is 4.79 Å². The number of hydrogen-bond donors (Lipinski definition) is 2. The highest BCUT2D eigenvalue weighted by atomic mass is 16.2. The Morgan fingerprint density at radius 3 is 2.82 bits per heavy atom. The van der Waals surface area contributed by atoms with Crippen LogP contribution in [-0.4, -0.2) is 48.9 Å². The summed E-state index contributed by atoms with van der Waals surface area (Å²) in [7, 11) is 0. The largest absolute Gasteiger partial charge is 0.336 e. The van der Waals surface area contributed by atoms with E-state index in [-0.39, 0.29) is 18.1 Å². The van der Waals surface area contributed by atoms with Crippen molar-refractivity contribution in [3.63, 3.8) is 0 Å². The summed E-state index contributed by atoms with van der Waals surface area (Å²) in [5.41, 5.74) is 1.68. The molecule has 0 spiro atoms. The second-order valence-corrected chi connectivity index (χ2v) is 5.57. The first-order chi connectivity index (χ1) is 10.8. The molecule has 0 bridgehead atoms. The lowest BCUT2D eigenvalue weighted by molar-refractivity contribution is -0.136. The van der Waals surface area contributed by atoms with Gasteiger partial charge in [-0.3, -0.25) is 15.1 Å². The van der Waals surface area contributed by atoms with Gasteiger partial charge in [-0.1, -0.05) is 12.1 Å². The van der Waals surface area contributed by atoms with E-state index >= 15 is 0 Å². The number of amides is 1. The summed E-state index contributed by atoms with van der Waals surface area (Å²) < 4.78 is 0. The van der Waals surface area contributed by atoms with Gasteiger partial charge >= 0.3 is 0 Å². The Labute approximate surface area is 129 Å². The minimum Gasteiger partial charge on any atom is -0.336 e. The Morgan fingerprint density at radius 2 is 2.14 bits per heavy atom. The van der Waals surface area contributed by atoms with Crippen molar-refractivity contribution in [1.29, 1.82) is 5.26 Å². The third-order valence-corrected chi connectivity index (χ3v) is 4.03. The lowest BCUT2D eigenvalue weighted by Crippen LogP contribution is -2.56. The quantitative estimate of drug-likeness (QED) is 0.835. The number of carbonyl (C=O) groups excluding carboxylic acids is 1. The first kappa shape index (κ1) is 14.7. The van der Waals surface area contributed by atoms with Crippen LogP contribution in [-0.2, 0) is 11.3 Å². The summed E-state index contributed by atoms with van der Waals surface area (Å²) in [6.45, 7) is 2.87. The number of hydrogen-bond acceptors (Lipinski definition) is 5. The molecule has 6 nitrogen and oxygen atoms in total. The fourth-order valence-electron chi connectivity index (χ4n) is 2.83. The second-order valence-electron chi connectivity index (χ2n) is 5.57. The molecule has 1 aromatic rings. The van der Waals surface area contributed by atoms with Gasteiger partial charge in [0, 0.05) is 38.8 Å². The number of carbonyl (C=O) groups is 1. The molecule has 0 aromatic heterocycles. The lowest BCUT2D eigenvalue weighted by atomic mass is 10.1. The van der Waals surface area contributed by atoms with Gasteiger partial charge in [-0.25, -0.2) is 0 Å². The molecule has 0 saturated carbocycles. The van der Waals surface area contributed by atoms with Crippen LogP contribution in [0.2, 0.25) is 0 Å². The minimum atomic E-state index is -0.181. The zero-order valence-electron chi connectivity index (χ0n) is 12.3. The van der Waals surface area contributed by atoms with Gasteiger partial charge < -0.3 is 10.2 Å². The number of nitrogens with one attached hydrogen (secondary N) is 2. The van der Waals surface area contributed by atoms with Crippen molar-refractivity contribution in [2.24, 2.45) is 4.99 Å². The predicted molar refractivity (Wildman–Crippen MR) is 83.3 cm³/mol. The molecule has 6 heteroatoms. The van der Waals surface area contributed by atoms with Crippen LogP contribution in [0, 0.1) is 11.3 Å². The third-order valence-electron chi connectivity index (χ3n) is 4.03. The van der Waals surface area contributed by atoms with E-state index in [1.54, 1.807) is 12.1 Å². The monoisotopic (exact) mass is 297 g/mol. The predicted octanol–water partition coefficient (Wildman–Crippen LogP) is 0.249. The maximum atomic E-state index is 12.6. The van der Waals surface area contributed by atoms with E-state index in [1.165, 1.54) is 0 Å². The van der Waals surface area contributed by atoms with Crippen molar-refractivity contribution in [2.45, 2.75) is 25.2 Å². The van der Waals surface area contributed by atoms with Crippen LogP contribution in [0.3, 0.4) is 0 Å². The molecule has 1 amide bonds. The summed E-state index contributed by atoms with van der Waals surface area (Å²) in [6, 6.07) is 9.32. The Bertz CT molecular complexity index is 604. The van der Waals surface area contributed by atoms with Crippen molar-refractivity contribution < 1.29 is 4.79 Å². The fraction of sp³-hybridized carbons (Fsp3) is 0.438. The summed E-state index contributed by atoms with van der Waals surface area (Å²) in [6.07, 6.45) is 2.57. The van der Waals surface area contributed by atoms with Crippen LogP contribution in [0.4, 0.5) is 0 Å². The van der Waals surface area contributed by atoms with E-state index in [0.717, 1.165) is 18.7 Å². The molecule has 0 aliphatic carbocycles. The highest BCUT2D eigenvalue weighted by molar-refractivity contribution is 5.82. The maximum Gasteiger partial charge on any atom is 0.240 e. The van der Waals surface area contributed by atoms with Gasteiger partial charge in [0.05, 0.1) is 17.7 Å². The maximum absolute atomic E-state index is 12.6. The molecule has 0 radical (unpaired) electrons. The standard InChI is InChI=1S/C16H19N5O/c17-10-12-1-3-13(4-2-12)11-21-8-7-18-14(16(21)22)9-15-19-5-6-20-15/h1-5,14-15,18,20H,6-9,11H2. The normalized spacial score (nSPS) is 24.5. The van der Waals surface area contributed by atoms with Gasteiger partial charge in [0.1, 0.15) is 6.17 Å². The van der Waals surface area contributed by atoms with E-state index in [1.807, 2.05) is 23.2 Å². The van der Waals surface area contributed by atoms with Crippen molar-refractivity contribution in [1.82, 2.24) is 15.5 Å². The van der Waals surface area contributed by atoms with Crippen LogP contribution in [0.1, 0.15) is 17.5 Å². The molecule has 2 atom stereocenters. The van der Waals surface area contributed by atoms with Gasteiger partial charge in [-0.2, -0.15) is 5.26 Å². The van der Waals surface area contributed by atoms with E-state index in [4.69, 9.17) is 5.26 Å². The second kappa shape index (κ2) is 6.69. The van der Waals surface area contributed by atoms with Gasteiger partial charge in [-0.05, 0) is 17.7 Å². The molecule has 2 unspecified atom stereocenters. The molecule has 3 rings (SSSR count). The molecule has 2 aliphatic rings. The van der Waals surface area contributed by atoms with Crippen molar-refractivity contribution in [3.8, 4) is 6.07 Å². The van der Waals surface area contributed by atoms with Crippen LogP contribution in [0.25, 0.3) is 0 Å². The topological polar surface area (TPSA) is 80.5 Å². The molecule has 2 N–H and O–H groups in total. The number of nitriles is 1. The number of nitrogens with zero attached hydrogens (tertiary/aromatic N) is 3. The lowest BCUT2D eigenvalue weighted by Gasteiger charge is -2.34. The summed E-state index contributed by atoms with van der Waals surface area (Å²) in [5.74, 6) is 0.125. The number of aliphatic imine (C=N–C) groups is 1. The molecule has 2 heterocycles. The summed E-state index contributed by atoms with van der Waals surface area (Å²) >= 11 is 0. The van der Waals surface area contributed by atoms with Crippen molar-refractivity contribution in [2.75, 3.05) is 19.6 Å². The van der Waals surface area contributed by atoms with Crippen LogP contribution >= 0.6 is 0 Å². The van der Waals surface area contributed by atoms with Gasteiger partial charge in [0.15, 0.2) is 0 Å². The van der Waals surface area contributed by atoms with Crippen LogP contribution < -0.4 is 10.6 Å². The minimum absolute atomic E-state index is 0.0383. The van der Waals surface area contributed by atoms with Crippen molar-refractivity contribution in [3.05, 3.63) is 35.4 Å². The van der Waals surface area contributed by atoms with E-state index in [2.05, 4.69) is 21.7 Å². The van der Waals surface area contributed by atoms with Crippen molar-refractivity contribution >= 4 is 12.1 Å². The van der Waals surface area contributed by atoms with Gasteiger partial charge in [-0.15, -0.1) is 0 Å². The highest BCUT2D eigenvalue weighted by Gasteiger charge is 2.30. The molecule has 114 valence electrons. The van der Waals surface area contributed by atoms with Crippen LogP contribution in [0.5, 0.6) is 0 Å². The van der Waals surface area contributed by atoms with Gasteiger partial charge in [0.2, 0.25) is 5.91 Å². The molecule has 1 aromatic carbocycles. The molecule has 2 aliphatic heterocycles. The first-order valence-corrected chi connectivity index (χ1v) is 7.52. The summed E-state index contributed by atoms with van der Waals surface area (Å²) in [5, 5.41) is 15.3. The Balaban J connectivity index is 1.61. The fourth-order valence-corrected chi connectivity index (χ4v) is 2.83. The Hall–Kier alpha value is -2.23. The third kappa shape index (κ3) is 3.32. The highest BCUT2D eigenvalue weighted by Crippen LogP contribution is 2.13. The first-order valence-electron chi connectivity index (χ1n) is 7.52. The Kier molecular flexibility index (Phi) is 4.47. The van der Waals surface area contributed by atoms with Gasteiger partial charge in [0.25, 0.3) is 0 Å². The molecule has 22 heavy (non-hydrogen) atoms. The average molecular weight is 297 g/mol. The number of benzene rings is 1. The number of rotatable bonds is 4. The SMILES string of the molecule is N#Cc1ccc(CN2CCNC(CC3N=CCN3)C2=O)cc1. The van der Waals surface area contributed by atoms with E-state index < -0.39 is 0 Å². The summed E-state index contributed by atoms with van der Waals surface area (Å²) in [4.78, 5) is 18.8. The molecular weight excluding hydrogens is 278 g/mol.